The molecule has 2 aliphatic rings. The van der Waals surface area contributed by atoms with Crippen LogP contribution in [-0.4, -0.2) is 75.9 Å². The molecule has 1 aliphatic carbocycles. The maximum Gasteiger partial charge on any atom is 0.350 e. The highest BCUT2D eigenvalue weighted by molar-refractivity contribution is 7.51. The number of nitrogens with zero attached hydrogens (tertiary/aromatic N) is 4. The number of aromatic nitrogens is 4. The molecule has 13 heteroatoms. The highest BCUT2D eigenvalue weighted by Gasteiger charge is 2.78. The second-order valence-electron chi connectivity index (χ2n) is 6.83. The van der Waals surface area contributed by atoms with E-state index in [9.17, 15) is 14.8 Å². The number of imidazole rings is 1. The third kappa shape index (κ3) is 3.03. The zero-order valence-corrected chi connectivity index (χ0v) is 15.3. The number of aliphatic hydroxyl groups excluding tert-OH is 1. The van der Waals surface area contributed by atoms with Crippen molar-refractivity contribution in [3.63, 3.8) is 0 Å². The Labute approximate surface area is 152 Å². The molecule has 148 valence electrons. The molecule has 1 aliphatic heterocycles. The fourth-order valence-electron chi connectivity index (χ4n) is 3.24. The maximum absolute atomic E-state index is 10.9. The third-order valence-electron chi connectivity index (χ3n) is 4.48. The predicted molar refractivity (Wildman–Crippen MR) is 87.7 cm³/mol. The topological polar surface area (TPSA) is 169 Å². The van der Waals surface area contributed by atoms with Crippen LogP contribution in [0.4, 0.5) is 0 Å². The van der Waals surface area contributed by atoms with E-state index in [4.69, 9.17) is 24.0 Å². The van der Waals surface area contributed by atoms with E-state index in [-0.39, 0.29) is 12.0 Å². The average Bonchev–Trinajstić information content (AvgIpc) is 2.85. The lowest BCUT2D eigenvalue weighted by Gasteiger charge is -2.23. The van der Waals surface area contributed by atoms with Crippen molar-refractivity contribution in [2.45, 2.75) is 50.1 Å². The Morgan fingerprint density at radius 2 is 2.11 bits per heavy atom. The molecule has 5 atom stereocenters. The minimum absolute atomic E-state index is 0.123. The van der Waals surface area contributed by atoms with E-state index in [0.29, 0.717) is 11.2 Å². The average molecular weight is 402 g/mol. The number of hydrogen-bond donors (Lipinski definition) is 4. The summed E-state index contributed by atoms with van der Waals surface area (Å²) < 4.78 is 28.6. The zero-order valence-electron chi connectivity index (χ0n) is 14.4. The smallest absolute Gasteiger partial charge is 0.350 e. The Morgan fingerprint density at radius 1 is 1.37 bits per heavy atom. The molecule has 1 saturated heterocycles. The van der Waals surface area contributed by atoms with Crippen molar-refractivity contribution in [3.05, 3.63) is 12.7 Å². The van der Waals surface area contributed by atoms with Crippen molar-refractivity contribution >= 4 is 18.8 Å². The van der Waals surface area contributed by atoms with Crippen LogP contribution in [0.2, 0.25) is 0 Å². The maximum atomic E-state index is 10.9. The number of rotatable bonds is 6. The first-order valence-electron chi connectivity index (χ1n) is 8.19. The number of fused-ring (bicyclic) bond motifs is 2. The lowest BCUT2D eigenvalue weighted by Crippen LogP contribution is -2.37. The normalized spacial score (nSPS) is 32.9. The van der Waals surface area contributed by atoms with Crippen molar-refractivity contribution in [2.75, 3.05) is 6.35 Å². The van der Waals surface area contributed by atoms with Crippen LogP contribution in [-0.2, 0) is 14.0 Å². The van der Waals surface area contributed by atoms with Crippen LogP contribution in [0.15, 0.2) is 12.7 Å². The van der Waals surface area contributed by atoms with E-state index in [2.05, 4.69) is 15.0 Å². The molecule has 27 heavy (non-hydrogen) atoms. The summed E-state index contributed by atoms with van der Waals surface area (Å²) in [4.78, 5) is 30.2. The van der Waals surface area contributed by atoms with Gasteiger partial charge in [0.2, 0.25) is 5.88 Å². The Hall–Kier alpha value is -1.66. The summed E-state index contributed by atoms with van der Waals surface area (Å²) in [6.45, 7) is 3.69. The SMILES string of the molecule is CC(C)Oc1ncnc2c1ncn2[C@@H]1O[C@@H]2C(OCP(=O)(O)O)[C@]2(O)[C@H]1O. The zero-order chi connectivity index (χ0) is 19.6. The molecule has 0 aromatic carbocycles. The molecule has 0 amide bonds. The van der Waals surface area contributed by atoms with Crippen molar-refractivity contribution in [1.82, 2.24) is 19.5 Å². The van der Waals surface area contributed by atoms with E-state index in [1.54, 1.807) is 0 Å². The van der Waals surface area contributed by atoms with E-state index in [1.807, 2.05) is 13.8 Å². The lowest BCUT2D eigenvalue weighted by atomic mass is 10.1. The molecule has 2 aromatic rings. The Kier molecular flexibility index (Phi) is 4.27. The fraction of sp³-hybridized carbons (Fsp3) is 0.643. The second kappa shape index (κ2) is 6.17. The second-order valence-corrected chi connectivity index (χ2v) is 8.42. The van der Waals surface area contributed by atoms with Gasteiger partial charge in [-0.15, -0.1) is 0 Å². The van der Waals surface area contributed by atoms with E-state index in [1.165, 1.54) is 17.2 Å². The van der Waals surface area contributed by atoms with E-state index < -0.39 is 44.1 Å². The van der Waals surface area contributed by atoms with Crippen molar-refractivity contribution in [1.29, 1.82) is 0 Å². The van der Waals surface area contributed by atoms with Gasteiger partial charge in [-0.05, 0) is 13.8 Å². The largest absolute Gasteiger partial charge is 0.473 e. The van der Waals surface area contributed by atoms with Crippen LogP contribution in [0.5, 0.6) is 5.88 Å². The predicted octanol–water partition coefficient (Wildman–Crippen LogP) is -0.863. The first-order chi connectivity index (χ1) is 12.6. The van der Waals surface area contributed by atoms with Crippen LogP contribution < -0.4 is 4.74 Å². The summed E-state index contributed by atoms with van der Waals surface area (Å²) in [6, 6.07) is 0. The van der Waals surface area contributed by atoms with Crippen LogP contribution in [0.3, 0.4) is 0 Å². The molecule has 0 spiro atoms. The van der Waals surface area contributed by atoms with Gasteiger partial charge in [-0.2, -0.15) is 4.98 Å². The minimum atomic E-state index is -4.40. The van der Waals surface area contributed by atoms with Crippen molar-refractivity contribution in [3.8, 4) is 5.88 Å². The molecule has 1 unspecified atom stereocenters. The van der Waals surface area contributed by atoms with Crippen LogP contribution >= 0.6 is 7.60 Å². The van der Waals surface area contributed by atoms with Gasteiger partial charge in [-0.3, -0.25) is 9.13 Å². The first-order valence-corrected chi connectivity index (χ1v) is 9.99. The van der Waals surface area contributed by atoms with Gasteiger partial charge in [0.05, 0.1) is 12.4 Å². The number of ether oxygens (including phenoxy) is 3. The van der Waals surface area contributed by atoms with Crippen LogP contribution in [0, 0.1) is 0 Å². The quantitative estimate of drug-likeness (QED) is 0.443. The summed E-state index contributed by atoms with van der Waals surface area (Å²) in [5.41, 5.74) is -1.04. The summed E-state index contributed by atoms with van der Waals surface area (Å²) in [5.74, 6) is 0.285. The van der Waals surface area contributed by atoms with Crippen LogP contribution in [0.1, 0.15) is 20.1 Å². The molecular formula is C14H19N4O8P. The Balaban J connectivity index is 1.56. The van der Waals surface area contributed by atoms with E-state index in [0.717, 1.165) is 0 Å². The molecule has 3 heterocycles. The third-order valence-corrected chi connectivity index (χ3v) is 4.96. The van der Waals surface area contributed by atoms with Gasteiger partial charge in [-0.1, -0.05) is 0 Å². The standard InChI is InChI=1S/C14H19N4O8P/c1-6(2)25-12-7-11(15-3-16-12)18(4-17-7)13-8(19)14(20)9(10(14)26-13)24-5-27(21,22)23/h3-4,6,8-10,13,19-20H,5H2,1-2H3,(H2,21,22,23)/t8-,9?,10+,13+,14+/m0/s1. The summed E-state index contributed by atoms with van der Waals surface area (Å²) in [7, 11) is -4.40. The summed E-state index contributed by atoms with van der Waals surface area (Å²) in [5, 5.41) is 21.1. The van der Waals surface area contributed by atoms with Gasteiger partial charge in [0, 0.05) is 0 Å². The van der Waals surface area contributed by atoms with Gasteiger partial charge < -0.3 is 34.2 Å². The van der Waals surface area contributed by atoms with Crippen molar-refractivity contribution in [2.24, 2.45) is 0 Å². The monoisotopic (exact) mass is 402 g/mol. The Bertz CT molecular complexity index is 916. The molecule has 1 saturated carbocycles. The highest BCUT2D eigenvalue weighted by Crippen LogP contribution is 2.56. The number of hydrogen-bond acceptors (Lipinski definition) is 9. The fourth-order valence-corrected chi connectivity index (χ4v) is 3.60. The molecule has 12 nitrogen and oxygen atoms in total. The van der Waals surface area contributed by atoms with Gasteiger partial charge in [0.15, 0.2) is 23.0 Å². The summed E-state index contributed by atoms with van der Waals surface area (Å²) >= 11 is 0. The molecule has 2 fully saturated rings. The number of aliphatic hydroxyl groups is 2. The minimum Gasteiger partial charge on any atom is -0.473 e. The molecular weight excluding hydrogens is 383 g/mol. The molecule has 2 aromatic heterocycles. The first kappa shape index (κ1) is 18.7. The molecule has 4 rings (SSSR count). The molecule has 0 radical (unpaired) electrons. The van der Waals surface area contributed by atoms with E-state index >= 15 is 0 Å². The van der Waals surface area contributed by atoms with Crippen LogP contribution in [0.25, 0.3) is 11.2 Å². The lowest BCUT2D eigenvalue weighted by molar-refractivity contribution is -0.104. The molecule has 4 N–H and O–H groups in total. The van der Waals surface area contributed by atoms with Gasteiger partial charge in [0.1, 0.15) is 31.0 Å². The highest BCUT2D eigenvalue weighted by atomic mass is 31.2. The van der Waals surface area contributed by atoms with Gasteiger partial charge >= 0.3 is 7.60 Å². The van der Waals surface area contributed by atoms with Gasteiger partial charge in [0.25, 0.3) is 0 Å². The molecule has 0 bridgehead atoms. The van der Waals surface area contributed by atoms with Gasteiger partial charge in [-0.25, -0.2) is 9.97 Å². The Morgan fingerprint density at radius 3 is 2.70 bits per heavy atom. The summed E-state index contributed by atoms with van der Waals surface area (Å²) in [6.07, 6.45) is -2.67. The van der Waals surface area contributed by atoms with Crippen molar-refractivity contribution < 1.29 is 38.8 Å².